The van der Waals surface area contributed by atoms with Crippen LogP contribution in [0.1, 0.15) is 23.2 Å². The Labute approximate surface area is 90.7 Å². The molecule has 0 saturated carbocycles. The van der Waals surface area contributed by atoms with Crippen molar-refractivity contribution < 1.29 is 19.1 Å². The van der Waals surface area contributed by atoms with E-state index in [4.69, 9.17) is 9.52 Å². The fraction of sp³-hybridized carbons (Fsp3) is 0.182. The number of hydrogen-bond donors (Lipinski definition) is 1. The summed E-state index contributed by atoms with van der Waals surface area (Å²) in [6.07, 6.45) is -0.149. The number of Topliss-reactive ketones (excluding diaryl/α,β-unsaturated/α-hetero) is 1. The predicted octanol–water partition coefficient (Wildman–Crippen LogP) is 1.66. The first-order valence-corrected chi connectivity index (χ1v) is 4.69. The molecule has 2 rings (SSSR count). The number of aromatic nitrogens is 1. The molecule has 0 aliphatic carbocycles. The molecule has 1 N–H and O–H groups in total. The van der Waals surface area contributed by atoms with E-state index in [1.807, 2.05) is 0 Å². The lowest BCUT2D eigenvalue weighted by Crippen LogP contribution is -1.99. The van der Waals surface area contributed by atoms with Crippen molar-refractivity contribution in [3.8, 4) is 0 Å². The molecule has 0 amide bonds. The maximum absolute atomic E-state index is 11.1. The van der Waals surface area contributed by atoms with Crippen molar-refractivity contribution in [1.29, 1.82) is 0 Å². The fourth-order valence-electron chi connectivity index (χ4n) is 1.46. The van der Waals surface area contributed by atoms with Crippen LogP contribution in [-0.2, 0) is 11.2 Å². The van der Waals surface area contributed by atoms with Gasteiger partial charge in [-0.05, 0) is 6.07 Å². The zero-order valence-corrected chi connectivity index (χ0v) is 8.56. The standard InChI is InChI=1S/C11H9NO4/c1-6(13)11-12-8-4-2-3-7(5-9(14)15)10(8)16-11/h2-4H,5H2,1H3,(H,14,15). The highest BCUT2D eigenvalue weighted by Gasteiger charge is 2.14. The van der Waals surface area contributed by atoms with E-state index in [1.165, 1.54) is 6.92 Å². The van der Waals surface area contributed by atoms with E-state index in [1.54, 1.807) is 18.2 Å². The van der Waals surface area contributed by atoms with Crippen molar-refractivity contribution in [3.05, 3.63) is 29.7 Å². The number of carbonyl (C=O) groups excluding carboxylic acids is 1. The molecule has 0 spiro atoms. The lowest BCUT2D eigenvalue weighted by atomic mass is 10.1. The smallest absolute Gasteiger partial charge is 0.307 e. The third-order valence-corrected chi connectivity index (χ3v) is 2.14. The number of aliphatic carboxylic acids is 1. The summed E-state index contributed by atoms with van der Waals surface area (Å²) >= 11 is 0. The number of hydrogen-bond acceptors (Lipinski definition) is 4. The Morgan fingerprint density at radius 2 is 2.19 bits per heavy atom. The topological polar surface area (TPSA) is 80.4 Å². The van der Waals surface area contributed by atoms with Gasteiger partial charge in [0.2, 0.25) is 5.78 Å². The molecule has 16 heavy (non-hydrogen) atoms. The van der Waals surface area contributed by atoms with Gasteiger partial charge >= 0.3 is 5.97 Å². The first-order valence-electron chi connectivity index (χ1n) is 4.69. The van der Waals surface area contributed by atoms with Crippen molar-refractivity contribution in [1.82, 2.24) is 4.98 Å². The SMILES string of the molecule is CC(=O)c1nc2cccc(CC(=O)O)c2o1. The van der Waals surface area contributed by atoms with Crippen LogP contribution in [0.3, 0.4) is 0 Å². The number of nitrogens with zero attached hydrogens (tertiary/aromatic N) is 1. The largest absolute Gasteiger partial charge is 0.481 e. The number of oxazole rings is 1. The van der Waals surface area contributed by atoms with E-state index in [9.17, 15) is 9.59 Å². The molecule has 0 radical (unpaired) electrons. The summed E-state index contributed by atoms with van der Waals surface area (Å²) in [5.41, 5.74) is 1.39. The number of benzene rings is 1. The third kappa shape index (κ3) is 1.79. The summed E-state index contributed by atoms with van der Waals surface area (Å²) in [7, 11) is 0. The van der Waals surface area contributed by atoms with Crippen LogP contribution in [0.2, 0.25) is 0 Å². The van der Waals surface area contributed by atoms with E-state index in [0.29, 0.717) is 16.7 Å². The lowest BCUT2D eigenvalue weighted by Gasteiger charge is -1.96. The summed E-state index contributed by atoms with van der Waals surface area (Å²) in [5, 5.41) is 8.71. The van der Waals surface area contributed by atoms with Crippen LogP contribution in [0.5, 0.6) is 0 Å². The summed E-state index contributed by atoms with van der Waals surface area (Å²) in [4.78, 5) is 25.7. The van der Waals surface area contributed by atoms with Gasteiger partial charge in [-0.15, -0.1) is 0 Å². The van der Waals surface area contributed by atoms with E-state index < -0.39 is 5.97 Å². The summed E-state index contributed by atoms with van der Waals surface area (Å²) in [6, 6.07) is 5.01. The minimum Gasteiger partial charge on any atom is -0.481 e. The van der Waals surface area contributed by atoms with Gasteiger partial charge in [0.1, 0.15) is 5.52 Å². The Balaban J connectivity index is 2.58. The zero-order valence-electron chi connectivity index (χ0n) is 8.56. The molecule has 0 aliphatic heterocycles. The van der Waals surface area contributed by atoms with Crippen molar-refractivity contribution in [2.24, 2.45) is 0 Å². The van der Waals surface area contributed by atoms with E-state index >= 15 is 0 Å². The maximum Gasteiger partial charge on any atom is 0.307 e. The first-order chi connectivity index (χ1) is 7.58. The molecule has 5 heteroatoms. The molecule has 0 bridgehead atoms. The molecule has 5 nitrogen and oxygen atoms in total. The van der Waals surface area contributed by atoms with Gasteiger partial charge in [-0.25, -0.2) is 4.98 Å². The molecular weight excluding hydrogens is 210 g/mol. The number of carbonyl (C=O) groups is 2. The molecule has 0 atom stereocenters. The average Bonchev–Trinajstić information content (AvgIpc) is 2.61. The highest BCUT2D eigenvalue weighted by atomic mass is 16.4. The monoisotopic (exact) mass is 219 g/mol. The second kappa shape index (κ2) is 3.77. The van der Waals surface area contributed by atoms with Gasteiger partial charge in [0.05, 0.1) is 6.42 Å². The third-order valence-electron chi connectivity index (χ3n) is 2.14. The van der Waals surface area contributed by atoms with Crippen LogP contribution in [-0.4, -0.2) is 21.8 Å². The normalized spacial score (nSPS) is 10.6. The molecule has 0 aliphatic rings. The van der Waals surface area contributed by atoms with Crippen molar-refractivity contribution in [2.45, 2.75) is 13.3 Å². The Hall–Kier alpha value is -2.17. The van der Waals surface area contributed by atoms with Crippen LogP contribution >= 0.6 is 0 Å². The number of carboxylic acids is 1. The predicted molar refractivity (Wildman–Crippen MR) is 55.4 cm³/mol. The van der Waals surface area contributed by atoms with Crippen molar-refractivity contribution in [3.63, 3.8) is 0 Å². The van der Waals surface area contributed by atoms with E-state index in [-0.39, 0.29) is 18.1 Å². The van der Waals surface area contributed by atoms with Gasteiger partial charge < -0.3 is 9.52 Å². The van der Waals surface area contributed by atoms with Crippen LogP contribution in [0.4, 0.5) is 0 Å². The molecule has 1 aromatic heterocycles. The molecular formula is C11H9NO4. The minimum absolute atomic E-state index is 0.00726. The van der Waals surface area contributed by atoms with E-state index in [0.717, 1.165) is 0 Å². The Bertz CT molecular complexity index is 570. The quantitative estimate of drug-likeness (QED) is 0.794. The molecule has 0 fully saturated rings. The van der Waals surface area contributed by atoms with Gasteiger partial charge in [-0.1, -0.05) is 12.1 Å². The summed E-state index contributed by atoms with van der Waals surface area (Å²) in [6.45, 7) is 1.35. The molecule has 1 aromatic carbocycles. The maximum atomic E-state index is 11.1. The molecule has 0 unspecified atom stereocenters. The first kappa shape index (κ1) is 10.4. The second-order valence-corrected chi connectivity index (χ2v) is 3.41. The number of para-hydroxylation sites is 1. The highest BCUT2D eigenvalue weighted by Crippen LogP contribution is 2.20. The number of rotatable bonds is 3. The zero-order chi connectivity index (χ0) is 11.7. The Kier molecular flexibility index (Phi) is 2.44. The lowest BCUT2D eigenvalue weighted by molar-refractivity contribution is -0.136. The summed E-state index contributed by atoms with van der Waals surface area (Å²) in [5.74, 6) is -1.22. The van der Waals surface area contributed by atoms with Gasteiger partial charge in [0.15, 0.2) is 5.58 Å². The second-order valence-electron chi connectivity index (χ2n) is 3.41. The van der Waals surface area contributed by atoms with Crippen molar-refractivity contribution >= 4 is 22.9 Å². The number of fused-ring (bicyclic) bond motifs is 1. The van der Waals surface area contributed by atoms with Gasteiger partial charge in [-0.2, -0.15) is 0 Å². The molecule has 2 aromatic rings. The Morgan fingerprint density at radius 1 is 1.44 bits per heavy atom. The number of carboxylic acid groups (broad SMARTS) is 1. The van der Waals surface area contributed by atoms with Crippen LogP contribution in [0.25, 0.3) is 11.1 Å². The molecule has 82 valence electrons. The Morgan fingerprint density at radius 3 is 2.81 bits per heavy atom. The van der Waals surface area contributed by atoms with Gasteiger partial charge in [0, 0.05) is 12.5 Å². The van der Waals surface area contributed by atoms with Crippen molar-refractivity contribution in [2.75, 3.05) is 0 Å². The minimum atomic E-state index is -0.951. The van der Waals surface area contributed by atoms with Gasteiger partial charge in [-0.3, -0.25) is 9.59 Å². The van der Waals surface area contributed by atoms with Crippen LogP contribution in [0, 0.1) is 0 Å². The average molecular weight is 219 g/mol. The highest BCUT2D eigenvalue weighted by molar-refractivity contribution is 5.93. The van der Waals surface area contributed by atoms with Gasteiger partial charge in [0.25, 0.3) is 5.89 Å². The molecule has 1 heterocycles. The fourth-order valence-corrected chi connectivity index (χ4v) is 1.46. The van der Waals surface area contributed by atoms with E-state index in [2.05, 4.69) is 4.98 Å². The summed E-state index contributed by atoms with van der Waals surface area (Å²) < 4.78 is 5.24. The molecule has 0 saturated heterocycles. The van der Waals surface area contributed by atoms with Crippen LogP contribution < -0.4 is 0 Å². The van der Waals surface area contributed by atoms with Crippen LogP contribution in [0.15, 0.2) is 22.6 Å². The number of ketones is 1.